The summed E-state index contributed by atoms with van der Waals surface area (Å²) >= 11 is 0. The first-order valence-electron chi connectivity index (χ1n) is 6.71. The summed E-state index contributed by atoms with van der Waals surface area (Å²) < 4.78 is 1.84. The number of rotatable bonds is 3. The zero-order chi connectivity index (χ0) is 14.1. The highest BCUT2D eigenvalue weighted by atomic mass is 15.4. The quantitative estimate of drug-likeness (QED) is 0.602. The van der Waals surface area contributed by atoms with Crippen LogP contribution >= 0.6 is 0 Å². The van der Waals surface area contributed by atoms with Gasteiger partial charge in [0.15, 0.2) is 5.82 Å². The molecular formula is C16H13N5. The molecule has 4 rings (SSSR count). The third-order valence-corrected chi connectivity index (χ3v) is 3.31. The second kappa shape index (κ2) is 4.79. The molecule has 0 radical (unpaired) electrons. The highest BCUT2D eigenvalue weighted by Gasteiger charge is 2.15. The van der Waals surface area contributed by atoms with Crippen molar-refractivity contribution in [1.29, 1.82) is 0 Å². The van der Waals surface area contributed by atoms with Gasteiger partial charge in [-0.15, -0.1) is 0 Å². The van der Waals surface area contributed by atoms with Crippen molar-refractivity contribution in [2.24, 2.45) is 0 Å². The lowest BCUT2D eigenvalue weighted by atomic mass is 10.1. The molecule has 5 heteroatoms. The topological polar surface area (TPSA) is 58.0 Å². The van der Waals surface area contributed by atoms with Crippen LogP contribution in [0.1, 0.15) is 0 Å². The Labute approximate surface area is 121 Å². The van der Waals surface area contributed by atoms with Crippen molar-refractivity contribution >= 4 is 17.3 Å². The standard InChI is InChI=1S/C16H13N5/c1-3-7-12(8-4-1)14-15(19-13-9-5-2-6-10-13)21-16(20-14)17-11-18-21/h1-11,19H,(H,17,18,20). The van der Waals surface area contributed by atoms with Crippen molar-refractivity contribution in [2.45, 2.75) is 0 Å². The van der Waals surface area contributed by atoms with Crippen LogP contribution in [0.5, 0.6) is 0 Å². The van der Waals surface area contributed by atoms with Crippen LogP contribution in [-0.2, 0) is 0 Å². The number of hydrogen-bond acceptors (Lipinski definition) is 3. The molecule has 0 spiro atoms. The van der Waals surface area contributed by atoms with E-state index in [1.54, 1.807) is 6.33 Å². The molecule has 2 aromatic heterocycles. The molecule has 0 aliphatic heterocycles. The molecule has 0 aliphatic carbocycles. The molecule has 2 heterocycles. The molecule has 2 aromatic carbocycles. The summed E-state index contributed by atoms with van der Waals surface area (Å²) in [7, 11) is 0. The third-order valence-electron chi connectivity index (χ3n) is 3.31. The molecule has 0 saturated heterocycles. The van der Waals surface area contributed by atoms with Gasteiger partial charge in [0.25, 0.3) is 5.78 Å². The summed E-state index contributed by atoms with van der Waals surface area (Å²) in [4.78, 5) is 8.82. The van der Waals surface area contributed by atoms with Crippen molar-refractivity contribution in [3.63, 3.8) is 0 Å². The number of anilines is 2. The summed E-state index contributed by atoms with van der Waals surface area (Å²) in [6.07, 6.45) is 1.63. The van der Waals surface area contributed by atoms with Crippen LogP contribution in [0.25, 0.3) is 17.0 Å². The zero-order valence-electron chi connectivity index (χ0n) is 11.2. The van der Waals surface area contributed by atoms with E-state index in [4.69, 9.17) is 0 Å². The van der Waals surface area contributed by atoms with Crippen LogP contribution in [0.3, 0.4) is 0 Å². The van der Waals surface area contributed by atoms with E-state index in [1.165, 1.54) is 0 Å². The molecule has 0 unspecified atom stereocenters. The van der Waals surface area contributed by atoms with Gasteiger partial charge in [0, 0.05) is 11.3 Å². The van der Waals surface area contributed by atoms with Gasteiger partial charge in [-0.25, -0.2) is 14.5 Å². The van der Waals surface area contributed by atoms with Crippen molar-refractivity contribution in [3.05, 3.63) is 67.0 Å². The minimum Gasteiger partial charge on any atom is -0.338 e. The number of imidazole rings is 1. The number of H-pyrrole nitrogens is 1. The Hall–Kier alpha value is -3.08. The number of nitrogens with one attached hydrogen (secondary N) is 2. The molecule has 0 saturated carbocycles. The number of fused-ring (bicyclic) bond motifs is 1. The first-order valence-corrected chi connectivity index (χ1v) is 6.71. The molecule has 0 atom stereocenters. The smallest absolute Gasteiger partial charge is 0.252 e. The van der Waals surface area contributed by atoms with Gasteiger partial charge in [0.2, 0.25) is 0 Å². The van der Waals surface area contributed by atoms with Gasteiger partial charge in [-0.3, -0.25) is 5.10 Å². The molecule has 0 bridgehead atoms. The van der Waals surface area contributed by atoms with E-state index in [-0.39, 0.29) is 0 Å². The van der Waals surface area contributed by atoms with Crippen LogP contribution in [0.15, 0.2) is 67.0 Å². The van der Waals surface area contributed by atoms with Crippen LogP contribution in [0, 0.1) is 0 Å². The van der Waals surface area contributed by atoms with Crippen molar-refractivity contribution in [2.75, 3.05) is 5.32 Å². The second-order valence-corrected chi connectivity index (χ2v) is 4.69. The number of aromatic nitrogens is 4. The lowest BCUT2D eigenvalue weighted by Crippen LogP contribution is -1.97. The average Bonchev–Trinajstić information content (AvgIpc) is 3.12. The van der Waals surface area contributed by atoms with E-state index in [1.807, 2.05) is 65.2 Å². The fourth-order valence-electron chi connectivity index (χ4n) is 2.33. The van der Waals surface area contributed by atoms with Gasteiger partial charge in [0.05, 0.1) is 0 Å². The van der Waals surface area contributed by atoms with Crippen LogP contribution in [0.2, 0.25) is 0 Å². The van der Waals surface area contributed by atoms with Gasteiger partial charge in [-0.2, -0.15) is 0 Å². The van der Waals surface area contributed by atoms with Crippen molar-refractivity contribution in [1.82, 2.24) is 19.6 Å². The molecule has 0 aliphatic rings. The van der Waals surface area contributed by atoms with Gasteiger partial charge < -0.3 is 5.32 Å². The maximum Gasteiger partial charge on any atom is 0.252 e. The van der Waals surface area contributed by atoms with Crippen LogP contribution in [0.4, 0.5) is 11.5 Å². The van der Waals surface area contributed by atoms with Crippen molar-refractivity contribution < 1.29 is 0 Å². The van der Waals surface area contributed by atoms with E-state index < -0.39 is 0 Å². The zero-order valence-corrected chi connectivity index (χ0v) is 11.2. The summed E-state index contributed by atoms with van der Waals surface area (Å²) in [5, 5.41) is 6.49. The monoisotopic (exact) mass is 275 g/mol. The molecule has 102 valence electrons. The SMILES string of the molecule is c1ccc(Nc2c(-c3ccccc3)nc3nc[nH]n23)cc1. The molecule has 5 nitrogen and oxygen atoms in total. The van der Waals surface area contributed by atoms with E-state index in [0.29, 0.717) is 5.78 Å². The minimum atomic E-state index is 0.646. The van der Waals surface area contributed by atoms with E-state index >= 15 is 0 Å². The number of aromatic amines is 1. The van der Waals surface area contributed by atoms with Crippen LogP contribution in [-0.4, -0.2) is 19.6 Å². The van der Waals surface area contributed by atoms with Gasteiger partial charge in [-0.1, -0.05) is 48.5 Å². The summed E-state index contributed by atoms with van der Waals surface area (Å²) in [6, 6.07) is 20.1. The highest BCUT2D eigenvalue weighted by molar-refractivity contribution is 5.78. The Morgan fingerprint density at radius 3 is 2.38 bits per heavy atom. The molecular weight excluding hydrogens is 262 g/mol. The predicted octanol–water partition coefficient (Wildman–Crippen LogP) is 3.47. The normalized spacial score (nSPS) is 10.9. The number of nitrogens with zero attached hydrogens (tertiary/aromatic N) is 3. The summed E-state index contributed by atoms with van der Waals surface area (Å²) in [5.41, 5.74) is 2.93. The van der Waals surface area contributed by atoms with Gasteiger partial charge in [0.1, 0.15) is 12.0 Å². The number of hydrogen-bond donors (Lipinski definition) is 2. The number of para-hydroxylation sites is 1. The fourth-order valence-corrected chi connectivity index (χ4v) is 2.33. The third kappa shape index (κ3) is 2.04. The summed E-state index contributed by atoms with van der Waals surface area (Å²) in [5.74, 6) is 1.52. The molecule has 2 N–H and O–H groups in total. The number of benzene rings is 2. The van der Waals surface area contributed by atoms with Gasteiger partial charge in [-0.05, 0) is 12.1 Å². The maximum atomic E-state index is 4.60. The molecule has 0 amide bonds. The molecule has 21 heavy (non-hydrogen) atoms. The summed E-state index contributed by atoms with van der Waals surface area (Å²) in [6.45, 7) is 0. The minimum absolute atomic E-state index is 0.646. The van der Waals surface area contributed by atoms with Gasteiger partial charge >= 0.3 is 0 Å². The Balaban J connectivity index is 1.87. The van der Waals surface area contributed by atoms with E-state index in [2.05, 4.69) is 20.4 Å². The largest absolute Gasteiger partial charge is 0.338 e. The lowest BCUT2D eigenvalue weighted by Gasteiger charge is -2.07. The van der Waals surface area contributed by atoms with Crippen molar-refractivity contribution in [3.8, 4) is 11.3 Å². The Bertz CT molecular complexity index is 861. The highest BCUT2D eigenvalue weighted by Crippen LogP contribution is 2.29. The molecule has 4 aromatic rings. The first-order chi connectivity index (χ1) is 10.4. The van der Waals surface area contributed by atoms with Crippen LogP contribution < -0.4 is 5.32 Å². The van der Waals surface area contributed by atoms with E-state index in [0.717, 1.165) is 22.8 Å². The predicted molar refractivity (Wildman–Crippen MR) is 82.5 cm³/mol. The Morgan fingerprint density at radius 2 is 1.62 bits per heavy atom. The fraction of sp³-hybridized carbons (Fsp3) is 0. The van der Waals surface area contributed by atoms with E-state index in [9.17, 15) is 0 Å². The second-order valence-electron chi connectivity index (χ2n) is 4.69. The lowest BCUT2D eigenvalue weighted by molar-refractivity contribution is 0.980. The average molecular weight is 275 g/mol. The Kier molecular flexibility index (Phi) is 2.67. The maximum absolute atomic E-state index is 4.60. The Morgan fingerprint density at radius 1 is 0.905 bits per heavy atom. The first kappa shape index (κ1) is 11.7. The molecule has 0 fully saturated rings.